The summed E-state index contributed by atoms with van der Waals surface area (Å²) in [5.41, 5.74) is -0.430. The minimum atomic E-state index is -1.40. The van der Waals surface area contributed by atoms with Crippen LogP contribution < -0.4 is 5.32 Å². The van der Waals surface area contributed by atoms with Crippen molar-refractivity contribution in [2.45, 2.75) is 6.92 Å². The van der Waals surface area contributed by atoms with Gasteiger partial charge in [0.25, 0.3) is 0 Å². The highest BCUT2D eigenvalue weighted by molar-refractivity contribution is 6.34. The zero-order chi connectivity index (χ0) is 15.7. The first-order valence-corrected chi connectivity index (χ1v) is 6.13. The van der Waals surface area contributed by atoms with E-state index in [1.165, 1.54) is 13.0 Å². The van der Waals surface area contributed by atoms with Crippen molar-refractivity contribution in [2.24, 2.45) is 0 Å². The Morgan fingerprint density at radius 1 is 1.24 bits per heavy atom. The van der Waals surface area contributed by atoms with Crippen molar-refractivity contribution in [1.29, 1.82) is 0 Å². The molecular weight excluding hydrogens is 307 g/mol. The van der Waals surface area contributed by atoms with Gasteiger partial charge in [0.15, 0.2) is 11.6 Å². The number of hydrogen-bond donors (Lipinski definition) is 2. The van der Waals surface area contributed by atoms with Crippen LogP contribution in [0.15, 0.2) is 24.3 Å². The molecule has 0 radical (unpaired) electrons. The highest BCUT2D eigenvalue weighted by atomic mass is 35.5. The van der Waals surface area contributed by atoms with E-state index in [1.807, 2.05) is 0 Å². The van der Waals surface area contributed by atoms with Crippen LogP contribution in [0.25, 0.3) is 0 Å². The SMILES string of the molecule is Cc1c(Nc2c(Cl)cc(F)cc2C(=O)O)ccc(F)c1F. The second-order valence-electron chi connectivity index (χ2n) is 4.27. The maximum atomic E-state index is 13.5. The number of nitrogens with one attached hydrogen (secondary N) is 1. The number of benzene rings is 2. The lowest BCUT2D eigenvalue weighted by molar-refractivity contribution is 0.0697. The van der Waals surface area contributed by atoms with E-state index < -0.39 is 29.0 Å². The number of aromatic carboxylic acids is 1. The topological polar surface area (TPSA) is 49.3 Å². The summed E-state index contributed by atoms with van der Waals surface area (Å²) in [6.07, 6.45) is 0. The molecule has 0 aliphatic carbocycles. The van der Waals surface area contributed by atoms with E-state index in [4.69, 9.17) is 16.7 Å². The molecule has 2 N–H and O–H groups in total. The second kappa shape index (κ2) is 5.65. The Labute approximate surface area is 123 Å². The van der Waals surface area contributed by atoms with Crippen LogP contribution in [0.2, 0.25) is 5.02 Å². The molecule has 0 heterocycles. The van der Waals surface area contributed by atoms with Crippen molar-refractivity contribution in [1.82, 2.24) is 0 Å². The van der Waals surface area contributed by atoms with E-state index >= 15 is 0 Å². The average Bonchev–Trinajstić information content (AvgIpc) is 2.41. The Balaban J connectivity index is 2.54. The van der Waals surface area contributed by atoms with Gasteiger partial charge >= 0.3 is 5.97 Å². The first kappa shape index (κ1) is 15.2. The summed E-state index contributed by atoms with van der Waals surface area (Å²) in [5, 5.41) is 11.5. The van der Waals surface area contributed by atoms with Crippen LogP contribution >= 0.6 is 11.6 Å². The fourth-order valence-electron chi connectivity index (χ4n) is 1.79. The standard InChI is InChI=1S/C14H9ClF3NO2/c1-6-11(3-2-10(17)12(6)18)19-13-8(14(20)21)4-7(16)5-9(13)15/h2-5,19H,1H3,(H,20,21). The molecule has 0 saturated carbocycles. The molecule has 7 heteroatoms. The largest absolute Gasteiger partial charge is 0.478 e. The zero-order valence-electron chi connectivity index (χ0n) is 10.7. The molecule has 0 fully saturated rings. The lowest BCUT2D eigenvalue weighted by Crippen LogP contribution is -2.06. The average molecular weight is 316 g/mol. The number of halogens is 4. The molecule has 2 aromatic rings. The third-order valence-electron chi connectivity index (χ3n) is 2.88. The summed E-state index contributed by atoms with van der Waals surface area (Å²) >= 11 is 5.82. The normalized spacial score (nSPS) is 10.5. The van der Waals surface area contributed by atoms with Crippen molar-refractivity contribution in [3.05, 3.63) is 57.9 Å². The van der Waals surface area contributed by atoms with Crippen LogP contribution in [0, 0.1) is 24.4 Å². The summed E-state index contributed by atoms with van der Waals surface area (Å²) in [5.74, 6) is -4.30. The Morgan fingerprint density at radius 2 is 1.90 bits per heavy atom. The molecule has 0 bridgehead atoms. The molecule has 0 aliphatic rings. The Hall–Kier alpha value is -2.21. The number of hydrogen-bond acceptors (Lipinski definition) is 2. The molecule has 0 spiro atoms. The van der Waals surface area contributed by atoms with Crippen LogP contribution in [-0.2, 0) is 0 Å². The van der Waals surface area contributed by atoms with Gasteiger partial charge in [0.2, 0.25) is 0 Å². The van der Waals surface area contributed by atoms with E-state index in [1.54, 1.807) is 0 Å². The van der Waals surface area contributed by atoms with E-state index in [-0.39, 0.29) is 22.0 Å². The van der Waals surface area contributed by atoms with Gasteiger partial charge in [-0.25, -0.2) is 18.0 Å². The maximum Gasteiger partial charge on any atom is 0.337 e. The second-order valence-corrected chi connectivity index (χ2v) is 4.68. The molecule has 110 valence electrons. The van der Waals surface area contributed by atoms with Gasteiger partial charge in [-0.05, 0) is 31.2 Å². The minimum Gasteiger partial charge on any atom is -0.478 e. The molecule has 0 unspecified atom stereocenters. The zero-order valence-corrected chi connectivity index (χ0v) is 11.4. The number of carboxylic acid groups (broad SMARTS) is 1. The van der Waals surface area contributed by atoms with E-state index in [2.05, 4.69) is 5.32 Å². The monoisotopic (exact) mass is 315 g/mol. The minimum absolute atomic E-state index is 0.0493. The predicted octanol–water partition coefficient (Wildman–Crippen LogP) is 4.51. The highest BCUT2D eigenvalue weighted by Crippen LogP contribution is 2.32. The van der Waals surface area contributed by atoms with Crippen molar-refractivity contribution in [3.63, 3.8) is 0 Å². The highest BCUT2D eigenvalue weighted by Gasteiger charge is 2.18. The molecule has 2 aromatic carbocycles. The molecule has 0 aromatic heterocycles. The Kier molecular flexibility index (Phi) is 4.09. The summed E-state index contributed by atoms with van der Waals surface area (Å²) in [7, 11) is 0. The molecule has 2 rings (SSSR count). The van der Waals surface area contributed by atoms with Crippen LogP contribution in [0.4, 0.5) is 24.5 Å². The molecule has 3 nitrogen and oxygen atoms in total. The van der Waals surface area contributed by atoms with Crippen molar-refractivity contribution in [2.75, 3.05) is 5.32 Å². The third-order valence-corrected chi connectivity index (χ3v) is 3.18. The molecule has 21 heavy (non-hydrogen) atoms. The Bertz CT molecular complexity index is 735. The van der Waals surface area contributed by atoms with Gasteiger partial charge < -0.3 is 10.4 Å². The van der Waals surface area contributed by atoms with Gasteiger partial charge in [0.1, 0.15) is 5.82 Å². The van der Waals surface area contributed by atoms with Crippen LogP contribution in [0.3, 0.4) is 0 Å². The van der Waals surface area contributed by atoms with Crippen molar-refractivity contribution < 1.29 is 23.1 Å². The van der Waals surface area contributed by atoms with Gasteiger partial charge in [-0.15, -0.1) is 0 Å². The van der Waals surface area contributed by atoms with Crippen LogP contribution in [-0.4, -0.2) is 11.1 Å². The summed E-state index contributed by atoms with van der Waals surface area (Å²) < 4.78 is 39.8. The smallest absolute Gasteiger partial charge is 0.337 e. The van der Waals surface area contributed by atoms with Gasteiger partial charge in [0.05, 0.1) is 16.3 Å². The van der Waals surface area contributed by atoms with Crippen molar-refractivity contribution in [3.8, 4) is 0 Å². The van der Waals surface area contributed by atoms with E-state index in [0.717, 1.165) is 18.2 Å². The number of carbonyl (C=O) groups is 1. The van der Waals surface area contributed by atoms with E-state index in [9.17, 15) is 18.0 Å². The molecule has 0 amide bonds. The number of carboxylic acids is 1. The number of rotatable bonds is 3. The van der Waals surface area contributed by atoms with E-state index in [0.29, 0.717) is 0 Å². The third kappa shape index (κ3) is 2.95. The molecule has 0 saturated heterocycles. The fourth-order valence-corrected chi connectivity index (χ4v) is 2.04. The Morgan fingerprint density at radius 3 is 2.52 bits per heavy atom. The first-order chi connectivity index (χ1) is 9.81. The maximum absolute atomic E-state index is 13.5. The van der Waals surface area contributed by atoms with Gasteiger partial charge in [0, 0.05) is 11.3 Å². The van der Waals surface area contributed by atoms with Gasteiger partial charge in [-0.3, -0.25) is 0 Å². The van der Waals surface area contributed by atoms with Gasteiger partial charge in [-0.1, -0.05) is 11.6 Å². The lowest BCUT2D eigenvalue weighted by atomic mass is 10.1. The fraction of sp³-hybridized carbons (Fsp3) is 0.0714. The predicted molar refractivity (Wildman–Crippen MR) is 72.7 cm³/mol. The molecule has 0 aliphatic heterocycles. The summed E-state index contributed by atoms with van der Waals surface area (Å²) in [6, 6.07) is 3.83. The van der Waals surface area contributed by atoms with Crippen molar-refractivity contribution >= 4 is 28.9 Å². The van der Waals surface area contributed by atoms with Crippen LogP contribution in [0.1, 0.15) is 15.9 Å². The first-order valence-electron chi connectivity index (χ1n) is 5.75. The van der Waals surface area contributed by atoms with Crippen LogP contribution in [0.5, 0.6) is 0 Å². The number of anilines is 2. The van der Waals surface area contributed by atoms with Gasteiger partial charge in [-0.2, -0.15) is 0 Å². The summed E-state index contributed by atoms with van der Waals surface area (Å²) in [4.78, 5) is 11.1. The molecule has 0 atom stereocenters. The molecular formula is C14H9ClF3NO2. The summed E-state index contributed by atoms with van der Waals surface area (Å²) in [6.45, 7) is 1.32. The quantitative estimate of drug-likeness (QED) is 0.876. The lowest BCUT2D eigenvalue weighted by Gasteiger charge is -2.14.